The van der Waals surface area contributed by atoms with E-state index in [-0.39, 0.29) is 0 Å². The van der Waals surface area contributed by atoms with E-state index in [1.54, 1.807) is 6.33 Å². The highest BCUT2D eigenvalue weighted by Crippen LogP contribution is 2.32. The van der Waals surface area contributed by atoms with Gasteiger partial charge in [0.1, 0.15) is 18.0 Å². The third kappa shape index (κ3) is 3.32. The van der Waals surface area contributed by atoms with Crippen molar-refractivity contribution in [2.24, 2.45) is 0 Å². The predicted octanol–water partition coefficient (Wildman–Crippen LogP) is 3.27. The van der Waals surface area contributed by atoms with E-state index in [1.807, 2.05) is 11.8 Å². The van der Waals surface area contributed by atoms with Gasteiger partial charge in [0.25, 0.3) is 0 Å². The molecule has 1 aliphatic carbocycles. The fourth-order valence-corrected chi connectivity index (χ4v) is 3.75. The van der Waals surface area contributed by atoms with Crippen molar-refractivity contribution in [1.82, 2.24) is 9.97 Å². The molecule has 3 N–H and O–H groups in total. The molecule has 4 nitrogen and oxygen atoms in total. The highest BCUT2D eigenvalue weighted by atomic mass is 32.2. The van der Waals surface area contributed by atoms with E-state index in [9.17, 15) is 0 Å². The Labute approximate surface area is 120 Å². The van der Waals surface area contributed by atoms with E-state index in [1.165, 1.54) is 25.7 Å². The van der Waals surface area contributed by atoms with Crippen LogP contribution in [-0.4, -0.2) is 27.5 Å². The Hall–Kier alpha value is -0.970. The van der Waals surface area contributed by atoms with Gasteiger partial charge in [0.05, 0.1) is 0 Å². The SMILES string of the molecule is CSC1CCCCC1Nc1ncnc(N)c1C(C)C. The summed E-state index contributed by atoms with van der Waals surface area (Å²) in [6.45, 7) is 4.26. The second-order valence-electron chi connectivity index (χ2n) is 5.49. The van der Waals surface area contributed by atoms with Crippen LogP contribution >= 0.6 is 11.8 Å². The summed E-state index contributed by atoms with van der Waals surface area (Å²) in [5.74, 6) is 1.86. The van der Waals surface area contributed by atoms with Gasteiger partial charge in [-0.1, -0.05) is 26.7 Å². The maximum atomic E-state index is 6.00. The topological polar surface area (TPSA) is 63.8 Å². The highest BCUT2D eigenvalue weighted by molar-refractivity contribution is 7.99. The number of nitrogen functional groups attached to an aromatic ring is 1. The molecule has 0 amide bonds. The molecule has 0 saturated heterocycles. The standard InChI is InChI=1S/C14H24N4S/c1-9(2)12-13(15)16-8-17-14(12)18-10-6-4-5-7-11(10)19-3/h8-11H,4-7H2,1-3H3,(H3,15,16,17,18). The Morgan fingerprint density at radius 2 is 2.05 bits per heavy atom. The van der Waals surface area contributed by atoms with Crippen molar-refractivity contribution >= 4 is 23.4 Å². The van der Waals surface area contributed by atoms with Gasteiger partial charge in [-0.2, -0.15) is 11.8 Å². The predicted molar refractivity (Wildman–Crippen MR) is 83.7 cm³/mol. The fourth-order valence-electron chi connectivity index (χ4n) is 2.81. The van der Waals surface area contributed by atoms with Gasteiger partial charge in [-0.05, 0) is 25.0 Å². The minimum absolute atomic E-state index is 0.333. The molecule has 1 aromatic heterocycles. The summed E-state index contributed by atoms with van der Waals surface area (Å²) in [4.78, 5) is 8.53. The van der Waals surface area contributed by atoms with Crippen molar-refractivity contribution < 1.29 is 0 Å². The second-order valence-corrected chi connectivity index (χ2v) is 6.56. The normalized spacial score (nSPS) is 23.6. The van der Waals surface area contributed by atoms with Gasteiger partial charge in [0.15, 0.2) is 0 Å². The molecule has 2 atom stereocenters. The molecule has 2 rings (SSSR count). The van der Waals surface area contributed by atoms with Crippen LogP contribution in [0.1, 0.15) is 51.0 Å². The number of nitrogens with zero attached hydrogens (tertiary/aromatic N) is 2. The number of thioether (sulfide) groups is 1. The van der Waals surface area contributed by atoms with Crippen LogP contribution in [-0.2, 0) is 0 Å². The Bertz CT molecular complexity index is 422. The molecule has 0 aromatic carbocycles. The average Bonchev–Trinajstić information content (AvgIpc) is 2.39. The van der Waals surface area contributed by atoms with Crippen molar-refractivity contribution in [2.75, 3.05) is 17.3 Å². The first kappa shape index (κ1) is 14.4. The van der Waals surface area contributed by atoms with E-state index in [0.717, 1.165) is 11.4 Å². The first-order chi connectivity index (χ1) is 9.13. The van der Waals surface area contributed by atoms with E-state index < -0.39 is 0 Å². The van der Waals surface area contributed by atoms with Crippen LogP contribution in [0.15, 0.2) is 6.33 Å². The van der Waals surface area contributed by atoms with Crippen molar-refractivity contribution in [1.29, 1.82) is 0 Å². The van der Waals surface area contributed by atoms with Gasteiger partial charge in [0.2, 0.25) is 0 Å². The molecule has 5 heteroatoms. The van der Waals surface area contributed by atoms with Crippen LogP contribution in [0.25, 0.3) is 0 Å². The quantitative estimate of drug-likeness (QED) is 0.886. The Morgan fingerprint density at radius 3 is 2.74 bits per heavy atom. The Balaban J connectivity index is 2.20. The first-order valence-corrected chi connectivity index (χ1v) is 8.32. The van der Waals surface area contributed by atoms with E-state index >= 15 is 0 Å². The van der Waals surface area contributed by atoms with Crippen molar-refractivity contribution in [3.8, 4) is 0 Å². The van der Waals surface area contributed by atoms with Crippen LogP contribution in [0.5, 0.6) is 0 Å². The fraction of sp³-hybridized carbons (Fsp3) is 0.714. The summed E-state index contributed by atoms with van der Waals surface area (Å²) in [5.41, 5.74) is 7.05. The zero-order chi connectivity index (χ0) is 13.8. The third-order valence-electron chi connectivity index (χ3n) is 3.82. The molecule has 1 heterocycles. The van der Waals surface area contributed by atoms with E-state index in [0.29, 0.717) is 23.0 Å². The molecular formula is C14H24N4S. The summed E-state index contributed by atoms with van der Waals surface area (Å²) >= 11 is 1.95. The molecule has 0 radical (unpaired) electrons. The van der Waals surface area contributed by atoms with Gasteiger partial charge >= 0.3 is 0 Å². The third-order valence-corrected chi connectivity index (χ3v) is 4.99. The Kier molecular flexibility index (Phi) is 4.91. The van der Waals surface area contributed by atoms with Gasteiger partial charge < -0.3 is 11.1 Å². The van der Waals surface area contributed by atoms with Crippen molar-refractivity contribution in [2.45, 2.75) is 56.7 Å². The molecule has 0 bridgehead atoms. The zero-order valence-corrected chi connectivity index (χ0v) is 12.8. The van der Waals surface area contributed by atoms with Gasteiger partial charge in [-0.15, -0.1) is 0 Å². The van der Waals surface area contributed by atoms with Gasteiger partial charge in [0, 0.05) is 16.9 Å². The summed E-state index contributed by atoms with van der Waals surface area (Å²) in [6.07, 6.45) is 8.89. The summed E-state index contributed by atoms with van der Waals surface area (Å²) in [6, 6.07) is 0.496. The summed E-state index contributed by atoms with van der Waals surface area (Å²) in [7, 11) is 0. The number of hydrogen-bond acceptors (Lipinski definition) is 5. The lowest BCUT2D eigenvalue weighted by atomic mass is 9.94. The molecule has 106 valence electrons. The van der Waals surface area contributed by atoms with Crippen LogP contribution in [0.3, 0.4) is 0 Å². The van der Waals surface area contributed by atoms with Crippen molar-refractivity contribution in [3.05, 3.63) is 11.9 Å². The van der Waals surface area contributed by atoms with E-state index in [2.05, 4.69) is 35.4 Å². The van der Waals surface area contributed by atoms with E-state index in [4.69, 9.17) is 5.73 Å². The van der Waals surface area contributed by atoms with Crippen LogP contribution < -0.4 is 11.1 Å². The van der Waals surface area contributed by atoms with Gasteiger partial charge in [-0.3, -0.25) is 0 Å². The minimum Gasteiger partial charge on any atom is -0.383 e. The molecule has 1 aliphatic rings. The second kappa shape index (κ2) is 6.46. The monoisotopic (exact) mass is 280 g/mol. The maximum absolute atomic E-state index is 6.00. The highest BCUT2D eigenvalue weighted by Gasteiger charge is 2.26. The lowest BCUT2D eigenvalue weighted by Crippen LogP contribution is -2.35. The lowest BCUT2D eigenvalue weighted by Gasteiger charge is -2.32. The largest absolute Gasteiger partial charge is 0.383 e. The molecule has 2 unspecified atom stereocenters. The number of anilines is 2. The molecule has 0 spiro atoms. The molecule has 1 saturated carbocycles. The smallest absolute Gasteiger partial charge is 0.135 e. The van der Waals surface area contributed by atoms with Crippen LogP contribution in [0.2, 0.25) is 0 Å². The molecule has 0 aliphatic heterocycles. The van der Waals surface area contributed by atoms with Crippen LogP contribution in [0, 0.1) is 0 Å². The Morgan fingerprint density at radius 1 is 1.32 bits per heavy atom. The first-order valence-electron chi connectivity index (χ1n) is 7.03. The zero-order valence-electron chi connectivity index (χ0n) is 12.0. The lowest BCUT2D eigenvalue weighted by molar-refractivity contribution is 0.473. The van der Waals surface area contributed by atoms with Crippen LogP contribution in [0.4, 0.5) is 11.6 Å². The molecule has 19 heavy (non-hydrogen) atoms. The average molecular weight is 280 g/mol. The number of rotatable bonds is 4. The molecule has 1 aromatic rings. The number of nitrogens with two attached hydrogens (primary N) is 1. The number of aromatic nitrogens is 2. The maximum Gasteiger partial charge on any atom is 0.135 e. The molecular weight excluding hydrogens is 256 g/mol. The number of nitrogens with one attached hydrogen (secondary N) is 1. The summed E-state index contributed by atoms with van der Waals surface area (Å²) < 4.78 is 0. The minimum atomic E-state index is 0.333. The van der Waals surface area contributed by atoms with Gasteiger partial charge in [-0.25, -0.2) is 9.97 Å². The molecule has 1 fully saturated rings. The van der Waals surface area contributed by atoms with Crippen molar-refractivity contribution in [3.63, 3.8) is 0 Å². The number of hydrogen-bond donors (Lipinski definition) is 2. The summed E-state index contributed by atoms with van der Waals surface area (Å²) in [5, 5.41) is 4.29.